The van der Waals surface area contributed by atoms with Crippen molar-refractivity contribution in [1.29, 1.82) is 0 Å². The van der Waals surface area contributed by atoms with E-state index in [0.29, 0.717) is 6.04 Å². The van der Waals surface area contributed by atoms with Crippen molar-refractivity contribution in [3.63, 3.8) is 0 Å². The predicted octanol–water partition coefficient (Wildman–Crippen LogP) is 2.73. The van der Waals surface area contributed by atoms with Crippen LogP contribution in [0.1, 0.15) is 19.4 Å². The Morgan fingerprint density at radius 2 is 2.31 bits per heavy atom. The minimum Gasteiger partial charge on any atom is -0.311 e. The second-order valence-electron chi connectivity index (χ2n) is 4.59. The number of hydrogen-bond acceptors (Lipinski definition) is 3. The number of thiophene rings is 1. The number of likely N-dealkylation sites (N-methyl/N-ethyl adjacent to an activating group) is 1. The predicted molar refractivity (Wildman–Crippen MR) is 72.9 cm³/mol. The van der Waals surface area contributed by atoms with Gasteiger partial charge < -0.3 is 5.32 Å². The third-order valence-corrected chi connectivity index (χ3v) is 3.02. The molecule has 0 unspecified atom stereocenters. The van der Waals surface area contributed by atoms with Gasteiger partial charge in [-0.05, 0) is 35.0 Å². The summed E-state index contributed by atoms with van der Waals surface area (Å²) in [5, 5.41) is 7.71. The topological polar surface area (TPSA) is 15.3 Å². The Labute approximate surface area is 103 Å². The van der Waals surface area contributed by atoms with Crippen molar-refractivity contribution in [2.45, 2.75) is 26.4 Å². The Hall–Kier alpha value is -0.640. The standard InChI is InChI=1S/C13H22N2S/c1-11(2)14-7-12(3)8-15(4)9-13-5-6-16-10-13/h5-6,10-11,14H,3,7-9H2,1-2,4H3. The first kappa shape index (κ1) is 13.4. The van der Waals surface area contributed by atoms with Crippen LogP contribution in [0.3, 0.4) is 0 Å². The van der Waals surface area contributed by atoms with E-state index in [2.05, 4.69) is 54.5 Å². The fourth-order valence-electron chi connectivity index (χ4n) is 1.54. The van der Waals surface area contributed by atoms with Crippen LogP contribution >= 0.6 is 11.3 Å². The first-order chi connectivity index (χ1) is 7.58. The van der Waals surface area contributed by atoms with E-state index in [1.165, 1.54) is 11.1 Å². The molecule has 0 aliphatic rings. The van der Waals surface area contributed by atoms with Crippen LogP contribution in [0.25, 0.3) is 0 Å². The normalized spacial score (nSPS) is 11.3. The van der Waals surface area contributed by atoms with Crippen molar-refractivity contribution >= 4 is 11.3 Å². The van der Waals surface area contributed by atoms with Crippen molar-refractivity contribution in [3.8, 4) is 0 Å². The molecule has 0 saturated heterocycles. The molecule has 0 saturated carbocycles. The van der Waals surface area contributed by atoms with Gasteiger partial charge in [0.25, 0.3) is 0 Å². The largest absolute Gasteiger partial charge is 0.311 e. The fourth-order valence-corrected chi connectivity index (χ4v) is 2.20. The fraction of sp³-hybridized carbons (Fsp3) is 0.538. The van der Waals surface area contributed by atoms with Crippen molar-refractivity contribution in [3.05, 3.63) is 34.5 Å². The Kier molecular flexibility index (Phi) is 5.74. The number of nitrogens with one attached hydrogen (secondary N) is 1. The molecule has 1 aromatic rings. The van der Waals surface area contributed by atoms with Gasteiger partial charge in [-0.15, -0.1) is 0 Å². The molecule has 0 fully saturated rings. The van der Waals surface area contributed by atoms with Crippen molar-refractivity contribution in [2.24, 2.45) is 0 Å². The maximum atomic E-state index is 4.09. The molecule has 0 bridgehead atoms. The Bertz CT molecular complexity index is 304. The molecule has 0 amide bonds. The van der Waals surface area contributed by atoms with E-state index in [0.717, 1.165) is 19.6 Å². The highest BCUT2D eigenvalue weighted by Crippen LogP contribution is 2.09. The van der Waals surface area contributed by atoms with Gasteiger partial charge in [0.2, 0.25) is 0 Å². The molecule has 1 heterocycles. The molecule has 0 aromatic carbocycles. The smallest absolute Gasteiger partial charge is 0.0242 e. The van der Waals surface area contributed by atoms with Gasteiger partial charge in [0.15, 0.2) is 0 Å². The average Bonchev–Trinajstić information content (AvgIpc) is 2.67. The SMILES string of the molecule is C=C(CNC(C)C)CN(C)Cc1ccsc1. The van der Waals surface area contributed by atoms with E-state index in [-0.39, 0.29) is 0 Å². The maximum Gasteiger partial charge on any atom is 0.0242 e. The van der Waals surface area contributed by atoms with Gasteiger partial charge in [-0.3, -0.25) is 4.90 Å². The third kappa shape index (κ3) is 5.45. The molecular weight excluding hydrogens is 216 g/mol. The van der Waals surface area contributed by atoms with Crippen molar-refractivity contribution in [2.75, 3.05) is 20.1 Å². The Morgan fingerprint density at radius 3 is 2.88 bits per heavy atom. The van der Waals surface area contributed by atoms with Crippen LogP contribution in [0.15, 0.2) is 29.0 Å². The molecule has 1 aromatic heterocycles. The average molecular weight is 238 g/mol. The van der Waals surface area contributed by atoms with Crippen molar-refractivity contribution in [1.82, 2.24) is 10.2 Å². The lowest BCUT2D eigenvalue weighted by molar-refractivity contribution is 0.351. The van der Waals surface area contributed by atoms with Crippen LogP contribution in [0, 0.1) is 0 Å². The van der Waals surface area contributed by atoms with Crippen LogP contribution < -0.4 is 5.32 Å². The highest BCUT2D eigenvalue weighted by molar-refractivity contribution is 7.07. The molecule has 90 valence electrons. The molecule has 3 heteroatoms. The number of hydrogen-bond donors (Lipinski definition) is 1. The monoisotopic (exact) mass is 238 g/mol. The molecule has 16 heavy (non-hydrogen) atoms. The second kappa shape index (κ2) is 6.84. The van der Waals surface area contributed by atoms with Crippen LogP contribution in [-0.4, -0.2) is 31.1 Å². The van der Waals surface area contributed by atoms with E-state index >= 15 is 0 Å². The molecule has 2 nitrogen and oxygen atoms in total. The summed E-state index contributed by atoms with van der Waals surface area (Å²) in [4.78, 5) is 2.30. The highest BCUT2D eigenvalue weighted by Gasteiger charge is 2.03. The van der Waals surface area contributed by atoms with Gasteiger partial charge in [0.05, 0.1) is 0 Å². The lowest BCUT2D eigenvalue weighted by atomic mass is 10.2. The Morgan fingerprint density at radius 1 is 1.56 bits per heavy atom. The molecule has 0 aliphatic heterocycles. The van der Waals surface area contributed by atoms with E-state index in [1.54, 1.807) is 11.3 Å². The van der Waals surface area contributed by atoms with E-state index in [4.69, 9.17) is 0 Å². The molecular formula is C13H22N2S. The summed E-state index contributed by atoms with van der Waals surface area (Å²) in [5.41, 5.74) is 2.63. The lowest BCUT2D eigenvalue weighted by Gasteiger charge is -2.18. The second-order valence-corrected chi connectivity index (χ2v) is 5.37. The maximum absolute atomic E-state index is 4.09. The van der Waals surface area contributed by atoms with Gasteiger partial charge in [-0.25, -0.2) is 0 Å². The third-order valence-electron chi connectivity index (χ3n) is 2.29. The van der Waals surface area contributed by atoms with Gasteiger partial charge in [0, 0.05) is 25.7 Å². The first-order valence-electron chi connectivity index (χ1n) is 5.67. The summed E-state index contributed by atoms with van der Waals surface area (Å²) in [6, 6.07) is 2.70. The summed E-state index contributed by atoms with van der Waals surface area (Å²) in [6.45, 7) is 11.3. The molecule has 0 aliphatic carbocycles. The summed E-state index contributed by atoms with van der Waals surface area (Å²) in [5.74, 6) is 0. The zero-order chi connectivity index (χ0) is 12.0. The lowest BCUT2D eigenvalue weighted by Crippen LogP contribution is -2.29. The van der Waals surface area contributed by atoms with Gasteiger partial charge in [0.1, 0.15) is 0 Å². The molecule has 0 atom stereocenters. The summed E-state index contributed by atoms with van der Waals surface area (Å²) < 4.78 is 0. The van der Waals surface area contributed by atoms with Crippen molar-refractivity contribution < 1.29 is 0 Å². The number of nitrogens with zero attached hydrogens (tertiary/aromatic N) is 1. The molecule has 0 radical (unpaired) electrons. The molecule has 0 spiro atoms. The van der Waals surface area contributed by atoms with Gasteiger partial charge in [-0.2, -0.15) is 11.3 Å². The minimum atomic E-state index is 0.527. The highest BCUT2D eigenvalue weighted by atomic mass is 32.1. The van der Waals surface area contributed by atoms with E-state index in [1.807, 2.05) is 0 Å². The van der Waals surface area contributed by atoms with E-state index in [9.17, 15) is 0 Å². The quantitative estimate of drug-likeness (QED) is 0.735. The van der Waals surface area contributed by atoms with Crippen LogP contribution in [-0.2, 0) is 6.54 Å². The summed E-state index contributed by atoms with van der Waals surface area (Å²) in [6.07, 6.45) is 0. The molecule has 1 N–H and O–H groups in total. The van der Waals surface area contributed by atoms with Gasteiger partial charge in [-0.1, -0.05) is 20.4 Å². The van der Waals surface area contributed by atoms with Crippen LogP contribution in [0.4, 0.5) is 0 Å². The van der Waals surface area contributed by atoms with E-state index < -0.39 is 0 Å². The van der Waals surface area contributed by atoms with Gasteiger partial charge >= 0.3 is 0 Å². The minimum absolute atomic E-state index is 0.527. The van der Waals surface area contributed by atoms with Crippen LogP contribution in [0.5, 0.6) is 0 Å². The number of rotatable bonds is 7. The van der Waals surface area contributed by atoms with Crippen LogP contribution in [0.2, 0.25) is 0 Å². The zero-order valence-corrected chi connectivity index (χ0v) is 11.3. The summed E-state index contributed by atoms with van der Waals surface area (Å²) in [7, 11) is 2.14. The zero-order valence-electron chi connectivity index (χ0n) is 10.5. The Balaban J connectivity index is 2.23. The molecule has 1 rings (SSSR count). The summed E-state index contributed by atoms with van der Waals surface area (Å²) >= 11 is 1.75. The first-order valence-corrected chi connectivity index (χ1v) is 6.62.